The molecule has 4 heterocycles. The Bertz CT molecular complexity index is 2260. The molecule has 17 heteroatoms. The largest absolute Gasteiger partial charge is 0.472 e. The van der Waals surface area contributed by atoms with Crippen molar-refractivity contribution in [3.05, 3.63) is 130 Å². The van der Waals surface area contributed by atoms with Crippen molar-refractivity contribution in [1.29, 1.82) is 0 Å². The number of hydrazine groups is 2. The number of hydrogen-bond acceptors (Lipinski definition) is 7. The molecule has 4 amide bonds. The predicted molar refractivity (Wildman–Crippen MR) is 177 cm³/mol. The second kappa shape index (κ2) is 13.8. The molecule has 3 aromatic carbocycles. The van der Waals surface area contributed by atoms with E-state index in [1.165, 1.54) is 54.2 Å². The van der Waals surface area contributed by atoms with Crippen LogP contribution in [0.3, 0.4) is 0 Å². The molecule has 0 aliphatic carbocycles. The number of fused-ring (bicyclic) bond motifs is 1. The highest BCUT2D eigenvalue weighted by Crippen LogP contribution is 2.34. The first-order valence-electron chi connectivity index (χ1n) is 14.9. The van der Waals surface area contributed by atoms with Crippen LogP contribution in [0.5, 0.6) is 0 Å². The van der Waals surface area contributed by atoms with E-state index in [9.17, 15) is 45.5 Å². The Kier molecular flexibility index (Phi) is 9.48. The van der Waals surface area contributed by atoms with Crippen LogP contribution in [-0.2, 0) is 38.1 Å². The number of benzene rings is 3. The zero-order chi connectivity index (χ0) is 37.4. The van der Waals surface area contributed by atoms with Crippen molar-refractivity contribution in [1.82, 2.24) is 10.9 Å². The molecule has 2 aromatic heterocycles. The van der Waals surface area contributed by atoms with Crippen molar-refractivity contribution >= 4 is 68.6 Å². The number of aliphatic hydroxyl groups excluding tert-OH is 1. The maximum Gasteiger partial charge on any atom is 0.416 e. The van der Waals surface area contributed by atoms with Crippen LogP contribution in [0.4, 0.5) is 37.7 Å². The molecule has 0 atom stereocenters. The van der Waals surface area contributed by atoms with Crippen LogP contribution in [0.2, 0.25) is 0 Å². The minimum Gasteiger partial charge on any atom is -0.472 e. The van der Waals surface area contributed by atoms with E-state index in [-0.39, 0.29) is 29.1 Å². The van der Waals surface area contributed by atoms with E-state index in [0.29, 0.717) is 16.0 Å². The number of nitrogens with zero attached hydrogens (tertiary/aromatic N) is 2. The summed E-state index contributed by atoms with van der Waals surface area (Å²) in [6, 6.07) is 17.7. The van der Waals surface area contributed by atoms with Crippen LogP contribution >= 0.6 is 11.3 Å². The van der Waals surface area contributed by atoms with E-state index in [1.54, 1.807) is 0 Å². The summed E-state index contributed by atoms with van der Waals surface area (Å²) in [5.41, 5.74) is 2.80. The highest BCUT2D eigenvalue weighted by Gasteiger charge is 2.38. The fourth-order valence-electron chi connectivity index (χ4n) is 5.08. The zero-order valence-electron chi connectivity index (χ0n) is 26.1. The van der Waals surface area contributed by atoms with Gasteiger partial charge in [-0.2, -0.15) is 26.3 Å². The van der Waals surface area contributed by atoms with E-state index in [0.717, 1.165) is 50.4 Å². The third kappa shape index (κ3) is 7.31. The second-order valence-electron chi connectivity index (χ2n) is 11.1. The topological polar surface area (TPSA) is 132 Å². The van der Waals surface area contributed by atoms with Crippen molar-refractivity contribution in [3.8, 4) is 0 Å². The number of halogens is 6. The summed E-state index contributed by atoms with van der Waals surface area (Å²) in [6.45, 7) is -0.358. The summed E-state index contributed by atoms with van der Waals surface area (Å²) in [6.07, 6.45) is -3.95. The SMILES string of the molecule is O=C1NN(c2cccc(C(F)(F)F)c2)C(=O)C1=Cc1cc2ccccc2s1.O=C1NN(c2cccc(C(F)(F)F)c2)C(=O)C1=Cc1cocc1CO. The summed E-state index contributed by atoms with van der Waals surface area (Å²) in [5.74, 6) is -2.94. The Morgan fingerprint density at radius 2 is 1.23 bits per heavy atom. The Morgan fingerprint density at radius 1 is 0.692 bits per heavy atom. The maximum atomic E-state index is 12.9. The molecule has 0 spiro atoms. The van der Waals surface area contributed by atoms with Gasteiger partial charge in [-0.3, -0.25) is 30.0 Å². The average molecular weight is 741 g/mol. The van der Waals surface area contributed by atoms with Gasteiger partial charge in [0.05, 0.1) is 41.6 Å². The molecular formula is C35H22F6N4O6S. The molecule has 2 saturated heterocycles. The quantitative estimate of drug-likeness (QED) is 0.105. The molecule has 2 aliphatic rings. The summed E-state index contributed by atoms with van der Waals surface area (Å²) in [7, 11) is 0. The Balaban J connectivity index is 0.000000179. The van der Waals surface area contributed by atoms with Gasteiger partial charge in [0.2, 0.25) is 0 Å². The molecule has 5 aromatic rings. The summed E-state index contributed by atoms with van der Waals surface area (Å²) in [5, 5.41) is 11.7. The van der Waals surface area contributed by atoms with Crippen LogP contribution in [0, 0.1) is 0 Å². The van der Waals surface area contributed by atoms with Crippen molar-refractivity contribution in [3.63, 3.8) is 0 Å². The smallest absolute Gasteiger partial charge is 0.416 e. The number of anilines is 2. The first kappa shape index (κ1) is 35.6. The molecule has 10 nitrogen and oxygen atoms in total. The van der Waals surface area contributed by atoms with E-state index in [2.05, 4.69) is 10.9 Å². The number of amides is 4. The maximum absolute atomic E-state index is 12.9. The predicted octanol–water partition coefficient (Wildman–Crippen LogP) is 6.63. The van der Waals surface area contributed by atoms with Gasteiger partial charge in [-0.05, 0) is 66.1 Å². The zero-order valence-corrected chi connectivity index (χ0v) is 26.9. The number of furan rings is 1. The fraction of sp³-hybridized carbons (Fsp3) is 0.0857. The van der Waals surface area contributed by atoms with Gasteiger partial charge in [-0.1, -0.05) is 30.3 Å². The van der Waals surface area contributed by atoms with Gasteiger partial charge in [0.15, 0.2) is 0 Å². The lowest BCUT2D eigenvalue weighted by molar-refractivity contribution is -0.138. The molecule has 3 N–H and O–H groups in total. The number of hydrogen-bond donors (Lipinski definition) is 3. The monoisotopic (exact) mass is 740 g/mol. The molecule has 2 aliphatic heterocycles. The van der Waals surface area contributed by atoms with E-state index in [1.807, 2.05) is 30.3 Å². The van der Waals surface area contributed by atoms with E-state index >= 15 is 0 Å². The van der Waals surface area contributed by atoms with Gasteiger partial charge in [0, 0.05) is 20.7 Å². The van der Waals surface area contributed by atoms with E-state index < -0.39 is 47.1 Å². The van der Waals surface area contributed by atoms with Crippen molar-refractivity contribution < 1.29 is 55.0 Å². The average Bonchev–Trinajstić information content (AvgIpc) is 3.87. The number of nitrogens with one attached hydrogen (secondary N) is 2. The Morgan fingerprint density at radius 3 is 1.75 bits per heavy atom. The van der Waals surface area contributed by atoms with Crippen LogP contribution in [0.15, 0.2) is 107 Å². The lowest BCUT2D eigenvalue weighted by Gasteiger charge is -2.16. The molecule has 52 heavy (non-hydrogen) atoms. The van der Waals surface area contributed by atoms with Gasteiger partial charge in [-0.15, -0.1) is 11.3 Å². The van der Waals surface area contributed by atoms with Crippen LogP contribution in [0.1, 0.15) is 27.1 Å². The lowest BCUT2D eigenvalue weighted by Crippen LogP contribution is -2.35. The third-order valence-electron chi connectivity index (χ3n) is 7.62. The summed E-state index contributed by atoms with van der Waals surface area (Å²) in [4.78, 5) is 49.9. The molecule has 0 bridgehead atoms. The Labute approximate surface area is 292 Å². The second-order valence-corrected chi connectivity index (χ2v) is 12.2. The molecular weight excluding hydrogens is 718 g/mol. The number of alkyl halides is 6. The molecule has 7 rings (SSSR count). The van der Waals surface area contributed by atoms with Gasteiger partial charge >= 0.3 is 12.4 Å². The fourth-order valence-corrected chi connectivity index (χ4v) is 6.09. The minimum absolute atomic E-state index is 0.0529. The van der Waals surface area contributed by atoms with Crippen LogP contribution in [-0.4, -0.2) is 28.7 Å². The summed E-state index contributed by atoms with van der Waals surface area (Å²) >= 11 is 1.42. The molecule has 0 unspecified atom stereocenters. The number of rotatable bonds is 5. The van der Waals surface area contributed by atoms with Gasteiger partial charge in [0.25, 0.3) is 23.6 Å². The first-order chi connectivity index (χ1) is 24.6. The van der Waals surface area contributed by atoms with E-state index in [4.69, 9.17) is 9.52 Å². The highest BCUT2D eigenvalue weighted by atomic mass is 32.1. The molecule has 2 fully saturated rings. The van der Waals surface area contributed by atoms with Crippen molar-refractivity contribution in [2.24, 2.45) is 0 Å². The molecule has 0 saturated carbocycles. The van der Waals surface area contributed by atoms with Gasteiger partial charge in [0.1, 0.15) is 11.1 Å². The molecule has 0 radical (unpaired) electrons. The first-order valence-corrected chi connectivity index (χ1v) is 15.7. The van der Waals surface area contributed by atoms with Crippen LogP contribution < -0.4 is 20.9 Å². The lowest BCUT2D eigenvalue weighted by atomic mass is 10.1. The molecule has 266 valence electrons. The number of thiophene rings is 1. The van der Waals surface area contributed by atoms with Gasteiger partial charge in [-0.25, -0.2) is 10.0 Å². The minimum atomic E-state index is -4.58. The summed E-state index contributed by atoms with van der Waals surface area (Å²) < 4.78 is 83.0. The third-order valence-corrected chi connectivity index (χ3v) is 8.69. The number of carbonyl (C=O) groups is 4. The number of aliphatic hydroxyl groups is 1. The highest BCUT2D eigenvalue weighted by molar-refractivity contribution is 7.19. The van der Waals surface area contributed by atoms with Crippen molar-refractivity contribution in [2.45, 2.75) is 19.0 Å². The van der Waals surface area contributed by atoms with Gasteiger partial charge < -0.3 is 9.52 Å². The van der Waals surface area contributed by atoms with Crippen LogP contribution in [0.25, 0.3) is 22.2 Å². The van der Waals surface area contributed by atoms with Crippen molar-refractivity contribution in [2.75, 3.05) is 10.0 Å². The normalized spacial score (nSPS) is 16.5. The number of carbonyl (C=O) groups excluding carboxylic acids is 4. The Hall–Kier alpha value is -6.20. The standard InChI is InChI=1S/C19H11F3N2O2S.C16H11F3N2O4/c20-19(21,22)12-5-3-6-13(9-12)24-18(26)15(17(25)23-24)10-14-8-11-4-1-2-7-16(11)27-14;17-16(18,19)11-2-1-3-12(5-11)21-15(24)13(14(23)20-21)4-9-7-25-8-10(9)6-22/h1-10H,(H,23,25);1-5,7-8,22H,6H2,(H,20,23).